The molecular weight excluding hydrogens is 158 g/mol. The van der Waals surface area contributed by atoms with E-state index in [1.165, 1.54) is 0 Å². The molecule has 0 N–H and O–H groups in total. The summed E-state index contributed by atoms with van der Waals surface area (Å²) in [6, 6.07) is -0.253. The van der Waals surface area contributed by atoms with E-state index in [9.17, 15) is 9.59 Å². The van der Waals surface area contributed by atoms with Crippen LogP contribution in [-0.4, -0.2) is 37.0 Å². The number of likely N-dealkylation sites (N-methyl/N-ethyl adjacent to an activating group) is 1. The number of carbonyl (C=O) groups is 2. The number of cyclic esters (lactones) is 2. The van der Waals surface area contributed by atoms with Crippen LogP contribution in [0.3, 0.4) is 0 Å². The Bertz CT molecular complexity index is 200. The summed E-state index contributed by atoms with van der Waals surface area (Å²) in [5.74, 6) is -0.813. The fourth-order valence-electron chi connectivity index (χ4n) is 1.26. The summed E-state index contributed by atoms with van der Waals surface area (Å²) < 4.78 is 4.57. The van der Waals surface area contributed by atoms with E-state index in [1.807, 2.05) is 14.1 Å². The van der Waals surface area contributed by atoms with Gasteiger partial charge in [0.2, 0.25) is 0 Å². The van der Waals surface area contributed by atoms with Gasteiger partial charge in [-0.1, -0.05) is 0 Å². The van der Waals surface area contributed by atoms with E-state index in [1.54, 1.807) is 4.90 Å². The van der Waals surface area contributed by atoms with Crippen molar-refractivity contribution in [2.24, 2.45) is 0 Å². The van der Waals surface area contributed by atoms with Gasteiger partial charge >= 0.3 is 11.9 Å². The molecule has 4 nitrogen and oxygen atoms in total. The zero-order valence-electron chi connectivity index (χ0n) is 7.37. The Balaban J connectivity index is 2.64. The molecule has 1 atom stereocenters. The topological polar surface area (TPSA) is 46.6 Å². The quantitative estimate of drug-likeness (QED) is 0.417. The van der Waals surface area contributed by atoms with Gasteiger partial charge < -0.3 is 4.74 Å². The number of carbonyl (C=O) groups excluding carboxylic acids is 2. The lowest BCUT2D eigenvalue weighted by Gasteiger charge is -2.18. The predicted molar refractivity (Wildman–Crippen MR) is 42.4 cm³/mol. The molecule has 68 valence electrons. The predicted octanol–water partition coefficient (Wildman–Crippen LogP) is 0.170. The molecule has 1 rings (SSSR count). The number of ether oxygens (including phenoxy) is 1. The molecule has 0 aromatic heterocycles. The number of hydrogen-bond donors (Lipinski definition) is 0. The van der Waals surface area contributed by atoms with Gasteiger partial charge in [-0.15, -0.1) is 0 Å². The lowest BCUT2D eigenvalue weighted by molar-refractivity contribution is -0.161. The van der Waals surface area contributed by atoms with Crippen molar-refractivity contribution in [1.82, 2.24) is 4.90 Å². The molecule has 4 heteroatoms. The van der Waals surface area contributed by atoms with E-state index >= 15 is 0 Å². The van der Waals surface area contributed by atoms with Crippen LogP contribution < -0.4 is 0 Å². The second-order valence-electron chi connectivity index (χ2n) is 3.16. The maximum atomic E-state index is 11.2. The zero-order valence-corrected chi connectivity index (χ0v) is 7.37. The highest BCUT2D eigenvalue weighted by molar-refractivity contribution is 5.89. The maximum Gasteiger partial charge on any atom is 0.330 e. The van der Waals surface area contributed by atoms with E-state index in [0.717, 1.165) is 6.42 Å². The van der Waals surface area contributed by atoms with Gasteiger partial charge in [-0.05, 0) is 26.9 Å². The highest BCUT2D eigenvalue weighted by Crippen LogP contribution is 2.13. The van der Waals surface area contributed by atoms with Crippen LogP contribution in [0.1, 0.15) is 19.3 Å². The SMILES string of the molecule is CN(C)C1CCCC(=O)OC1=O. The van der Waals surface area contributed by atoms with E-state index in [-0.39, 0.29) is 6.04 Å². The average Bonchev–Trinajstić information content (AvgIpc) is 2.10. The van der Waals surface area contributed by atoms with E-state index in [4.69, 9.17) is 0 Å². The lowest BCUT2D eigenvalue weighted by atomic mass is 10.1. The zero-order chi connectivity index (χ0) is 9.14. The highest BCUT2D eigenvalue weighted by atomic mass is 16.6. The van der Waals surface area contributed by atoms with Gasteiger partial charge in [0.05, 0.1) is 0 Å². The fourth-order valence-corrected chi connectivity index (χ4v) is 1.26. The average molecular weight is 171 g/mol. The maximum absolute atomic E-state index is 11.2. The lowest BCUT2D eigenvalue weighted by Crippen LogP contribution is -2.36. The summed E-state index contributed by atoms with van der Waals surface area (Å²) in [6.45, 7) is 0. The molecule has 1 fully saturated rings. The summed E-state index contributed by atoms with van der Waals surface area (Å²) in [5.41, 5.74) is 0. The van der Waals surface area contributed by atoms with Gasteiger partial charge in [-0.2, -0.15) is 0 Å². The van der Waals surface area contributed by atoms with E-state index in [0.29, 0.717) is 12.8 Å². The van der Waals surface area contributed by atoms with Crippen LogP contribution in [0.4, 0.5) is 0 Å². The monoisotopic (exact) mass is 171 g/mol. The molecule has 1 heterocycles. The van der Waals surface area contributed by atoms with Gasteiger partial charge in [0.1, 0.15) is 6.04 Å². The van der Waals surface area contributed by atoms with Crippen molar-refractivity contribution in [3.63, 3.8) is 0 Å². The highest BCUT2D eigenvalue weighted by Gasteiger charge is 2.27. The molecule has 0 amide bonds. The molecule has 1 unspecified atom stereocenters. The fraction of sp³-hybridized carbons (Fsp3) is 0.750. The minimum Gasteiger partial charge on any atom is -0.392 e. The Morgan fingerprint density at radius 2 is 2.08 bits per heavy atom. The van der Waals surface area contributed by atoms with E-state index in [2.05, 4.69) is 4.74 Å². The Morgan fingerprint density at radius 3 is 2.67 bits per heavy atom. The Morgan fingerprint density at radius 1 is 1.42 bits per heavy atom. The van der Waals surface area contributed by atoms with Crippen LogP contribution in [0.5, 0.6) is 0 Å². The molecule has 1 saturated heterocycles. The summed E-state index contributed by atoms with van der Waals surface area (Å²) >= 11 is 0. The van der Waals surface area contributed by atoms with Crippen molar-refractivity contribution in [1.29, 1.82) is 0 Å². The Kier molecular flexibility index (Phi) is 2.81. The number of nitrogens with zero attached hydrogens (tertiary/aromatic N) is 1. The third-order valence-corrected chi connectivity index (χ3v) is 1.97. The largest absolute Gasteiger partial charge is 0.392 e. The van der Waals surface area contributed by atoms with Gasteiger partial charge in [0.15, 0.2) is 0 Å². The molecule has 0 radical (unpaired) electrons. The van der Waals surface area contributed by atoms with Gasteiger partial charge in [0.25, 0.3) is 0 Å². The van der Waals surface area contributed by atoms with Gasteiger partial charge in [-0.25, -0.2) is 4.79 Å². The Hall–Kier alpha value is -0.900. The van der Waals surface area contributed by atoms with Crippen molar-refractivity contribution in [2.75, 3.05) is 14.1 Å². The first-order chi connectivity index (χ1) is 5.61. The normalized spacial score (nSPS) is 25.4. The summed E-state index contributed by atoms with van der Waals surface area (Å²) in [5, 5.41) is 0. The second-order valence-corrected chi connectivity index (χ2v) is 3.16. The molecule has 1 aliphatic rings. The second kappa shape index (κ2) is 3.67. The van der Waals surface area contributed by atoms with Crippen LogP contribution in [0.2, 0.25) is 0 Å². The van der Waals surface area contributed by atoms with Crippen LogP contribution in [0.15, 0.2) is 0 Å². The Labute approximate surface area is 71.5 Å². The van der Waals surface area contributed by atoms with Crippen molar-refractivity contribution < 1.29 is 14.3 Å². The minimum atomic E-state index is -0.414. The number of rotatable bonds is 1. The molecule has 0 spiro atoms. The van der Waals surface area contributed by atoms with Crippen LogP contribution in [0.25, 0.3) is 0 Å². The van der Waals surface area contributed by atoms with Crippen LogP contribution in [0, 0.1) is 0 Å². The summed E-state index contributed by atoms with van der Waals surface area (Å²) in [4.78, 5) is 23.8. The molecule has 0 aromatic rings. The number of hydrogen-bond acceptors (Lipinski definition) is 4. The first-order valence-electron chi connectivity index (χ1n) is 4.02. The van der Waals surface area contributed by atoms with Crippen molar-refractivity contribution >= 4 is 11.9 Å². The number of esters is 2. The molecule has 0 saturated carbocycles. The van der Waals surface area contributed by atoms with Crippen molar-refractivity contribution in [3.8, 4) is 0 Å². The smallest absolute Gasteiger partial charge is 0.330 e. The van der Waals surface area contributed by atoms with Crippen molar-refractivity contribution in [2.45, 2.75) is 25.3 Å². The van der Waals surface area contributed by atoms with Gasteiger partial charge in [-0.3, -0.25) is 9.69 Å². The molecule has 0 aromatic carbocycles. The van der Waals surface area contributed by atoms with E-state index < -0.39 is 11.9 Å². The first-order valence-corrected chi connectivity index (χ1v) is 4.02. The first kappa shape index (κ1) is 9.19. The molecule has 12 heavy (non-hydrogen) atoms. The summed E-state index contributed by atoms with van der Waals surface area (Å²) in [7, 11) is 3.61. The van der Waals surface area contributed by atoms with Crippen molar-refractivity contribution in [3.05, 3.63) is 0 Å². The molecule has 0 aliphatic carbocycles. The molecule has 0 bridgehead atoms. The standard InChI is InChI=1S/C8H13NO3/c1-9(2)6-4-3-5-7(10)12-8(6)11/h6H,3-5H2,1-2H3. The third-order valence-electron chi connectivity index (χ3n) is 1.97. The van der Waals surface area contributed by atoms with Crippen LogP contribution >= 0.6 is 0 Å². The van der Waals surface area contributed by atoms with Crippen LogP contribution in [-0.2, 0) is 14.3 Å². The third kappa shape index (κ3) is 2.04. The van der Waals surface area contributed by atoms with Gasteiger partial charge in [0, 0.05) is 6.42 Å². The molecular formula is C8H13NO3. The molecule has 1 aliphatic heterocycles. The minimum absolute atomic E-state index is 0.253. The summed E-state index contributed by atoms with van der Waals surface area (Å²) in [6.07, 6.45) is 1.79.